The summed E-state index contributed by atoms with van der Waals surface area (Å²) >= 11 is 0. The van der Waals surface area contributed by atoms with Gasteiger partial charge >= 0.3 is 0 Å². The molecule has 2 aromatic rings. The first-order chi connectivity index (χ1) is 14.9. The zero-order valence-corrected chi connectivity index (χ0v) is 17.6. The molecule has 0 aromatic heterocycles. The SMILES string of the molecule is C[C@@H](NC(=O)CCc1ccc(O)cc1)C(=O)N[C@@H](Cc1ccccc1)C(=O)NCCN. The van der Waals surface area contributed by atoms with E-state index in [-0.39, 0.29) is 24.0 Å². The molecule has 0 saturated heterocycles. The minimum atomic E-state index is -0.798. The number of carbonyl (C=O) groups is 3. The zero-order valence-electron chi connectivity index (χ0n) is 17.6. The van der Waals surface area contributed by atoms with Crippen LogP contribution in [0.2, 0.25) is 0 Å². The van der Waals surface area contributed by atoms with E-state index in [9.17, 15) is 19.5 Å². The fraction of sp³-hybridized carbons (Fsp3) is 0.348. The molecule has 0 saturated carbocycles. The molecular formula is C23H30N4O4. The summed E-state index contributed by atoms with van der Waals surface area (Å²) < 4.78 is 0. The molecule has 8 heteroatoms. The highest BCUT2D eigenvalue weighted by Gasteiger charge is 2.24. The molecule has 0 bridgehead atoms. The van der Waals surface area contributed by atoms with Crippen LogP contribution >= 0.6 is 0 Å². The van der Waals surface area contributed by atoms with Gasteiger partial charge in [0.15, 0.2) is 0 Å². The number of nitrogens with one attached hydrogen (secondary N) is 3. The van der Waals surface area contributed by atoms with E-state index in [2.05, 4.69) is 16.0 Å². The molecule has 0 aliphatic heterocycles. The zero-order chi connectivity index (χ0) is 22.6. The number of nitrogens with two attached hydrogens (primary N) is 1. The molecule has 0 fully saturated rings. The predicted octanol–water partition coefficient (Wildman–Crippen LogP) is 0.632. The van der Waals surface area contributed by atoms with Gasteiger partial charge in [-0.2, -0.15) is 0 Å². The smallest absolute Gasteiger partial charge is 0.242 e. The van der Waals surface area contributed by atoms with Crippen LogP contribution in [-0.4, -0.2) is 48.0 Å². The number of hydrogen-bond acceptors (Lipinski definition) is 5. The van der Waals surface area contributed by atoms with Crippen molar-refractivity contribution < 1.29 is 19.5 Å². The minimum absolute atomic E-state index is 0.166. The molecular weight excluding hydrogens is 396 g/mol. The van der Waals surface area contributed by atoms with Gasteiger partial charge in [0, 0.05) is 25.9 Å². The van der Waals surface area contributed by atoms with Crippen LogP contribution in [0.1, 0.15) is 24.5 Å². The number of amides is 3. The third kappa shape index (κ3) is 8.47. The number of hydrogen-bond donors (Lipinski definition) is 5. The highest BCUT2D eigenvalue weighted by Crippen LogP contribution is 2.11. The fourth-order valence-electron chi connectivity index (χ4n) is 2.97. The van der Waals surface area contributed by atoms with Gasteiger partial charge in [-0.25, -0.2) is 0 Å². The first-order valence-electron chi connectivity index (χ1n) is 10.3. The minimum Gasteiger partial charge on any atom is -0.508 e. The maximum absolute atomic E-state index is 12.6. The van der Waals surface area contributed by atoms with E-state index < -0.39 is 18.0 Å². The maximum atomic E-state index is 12.6. The highest BCUT2D eigenvalue weighted by atomic mass is 16.3. The lowest BCUT2D eigenvalue weighted by Crippen LogP contribution is -2.54. The fourth-order valence-corrected chi connectivity index (χ4v) is 2.97. The summed E-state index contributed by atoms with van der Waals surface area (Å²) in [5.74, 6) is -0.878. The number of aryl methyl sites for hydroxylation is 1. The van der Waals surface area contributed by atoms with Crippen LogP contribution < -0.4 is 21.7 Å². The Balaban J connectivity index is 1.90. The number of carbonyl (C=O) groups excluding carboxylic acids is 3. The molecule has 0 aliphatic carbocycles. The Morgan fingerprint density at radius 2 is 1.61 bits per heavy atom. The summed E-state index contributed by atoms with van der Waals surface area (Å²) in [4.78, 5) is 37.3. The third-order valence-electron chi connectivity index (χ3n) is 4.71. The van der Waals surface area contributed by atoms with E-state index in [4.69, 9.17) is 5.73 Å². The van der Waals surface area contributed by atoms with Crippen molar-refractivity contribution in [1.82, 2.24) is 16.0 Å². The second-order valence-corrected chi connectivity index (χ2v) is 7.29. The van der Waals surface area contributed by atoms with Gasteiger partial charge in [0.2, 0.25) is 17.7 Å². The Kier molecular flexibility index (Phi) is 9.51. The molecule has 0 aliphatic rings. The monoisotopic (exact) mass is 426 g/mol. The van der Waals surface area contributed by atoms with E-state index in [1.807, 2.05) is 30.3 Å². The van der Waals surface area contributed by atoms with Gasteiger partial charge in [-0.15, -0.1) is 0 Å². The standard InChI is InChI=1S/C23H30N4O4/c1-16(26-21(29)12-9-17-7-10-19(28)11-8-17)22(30)27-20(23(31)25-14-13-24)15-18-5-3-2-4-6-18/h2-8,10-11,16,20,28H,9,12-15,24H2,1H3,(H,25,31)(H,26,29)(H,27,30)/t16-,20+/m1/s1. The van der Waals surface area contributed by atoms with Crippen molar-refractivity contribution >= 4 is 17.7 Å². The number of benzene rings is 2. The Bertz CT molecular complexity index is 856. The van der Waals surface area contributed by atoms with Gasteiger partial charge in [0.05, 0.1) is 0 Å². The number of aromatic hydroxyl groups is 1. The number of phenols is 1. The molecule has 8 nitrogen and oxygen atoms in total. The van der Waals surface area contributed by atoms with Crippen molar-refractivity contribution in [3.05, 3.63) is 65.7 Å². The van der Waals surface area contributed by atoms with Crippen LogP contribution in [-0.2, 0) is 27.2 Å². The van der Waals surface area contributed by atoms with Gasteiger partial charge in [-0.05, 0) is 36.6 Å². The number of rotatable bonds is 11. The Labute approximate surface area is 182 Å². The summed E-state index contributed by atoms with van der Waals surface area (Å²) in [6, 6.07) is 14.4. The summed E-state index contributed by atoms with van der Waals surface area (Å²) in [5, 5.41) is 17.4. The van der Waals surface area contributed by atoms with Crippen molar-refractivity contribution in [3.63, 3.8) is 0 Å². The quantitative estimate of drug-likeness (QED) is 0.359. The second kappa shape index (κ2) is 12.3. The van der Waals surface area contributed by atoms with Crippen LogP contribution in [0.25, 0.3) is 0 Å². The van der Waals surface area contributed by atoms with Gasteiger partial charge in [-0.1, -0.05) is 42.5 Å². The largest absolute Gasteiger partial charge is 0.508 e. The summed E-state index contributed by atoms with van der Waals surface area (Å²) in [5.41, 5.74) is 7.26. The first kappa shape index (κ1) is 23.9. The van der Waals surface area contributed by atoms with Crippen molar-refractivity contribution in [2.75, 3.05) is 13.1 Å². The average molecular weight is 427 g/mol. The molecule has 166 valence electrons. The van der Waals surface area contributed by atoms with Gasteiger partial charge < -0.3 is 26.8 Å². The molecule has 2 aromatic carbocycles. The lowest BCUT2D eigenvalue weighted by atomic mass is 10.0. The molecule has 3 amide bonds. The van der Waals surface area contributed by atoms with Crippen LogP contribution in [0, 0.1) is 0 Å². The van der Waals surface area contributed by atoms with E-state index in [1.165, 1.54) is 0 Å². The molecule has 2 rings (SSSR count). The van der Waals surface area contributed by atoms with Crippen LogP contribution in [0.4, 0.5) is 0 Å². The van der Waals surface area contributed by atoms with Crippen molar-refractivity contribution in [2.45, 2.75) is 38.3 Å². The van der Waals surface area contributed by atoms with Crippen LogP contribution in [0.15, 0.2) is 54.6 Å². The summed E-state index contributed by atoms with van der Waals surface area (Å²) in [6.45, 7) is 2.18. The highest BCUT2D eigenvalue weighted by molar-refractivity contribution is 5.92. The van der Waals surface area contributed by atoms with Crippen LogP contribution in [0.5, 0.6) is 5.75 Å². The lowest BCUT2D eigenvalue weighted by molar-refractivity contribution is -0.131. The Morgan fingerprint density at radius 3 is 2.26 bits per heavy atom. The van der Waals surface area contributed by atoms with Crippen molar-refractivity contribution in [3.8, 4) is 5.75 Å². The van der Waals surface area contributed by atoms with Gasteiger partial charge in [0.1, 0.15) is 17.8 Å². The molecule has 0 unspecified atom stereocenters. The summed E-state index contributed by atoms with van der Waals surface area (Å²) in [7, 11) is 0. The average Bonchev–Trinajstić information content (AvgIpc) is 2.77. The molecule has 0 heterocycles. The molecule has 31 heavy (non-hydrogen) atoms. The van der Waals surface area contributed by atoms with E-state index in [0.29, 0.717) is 25.9 Å². The molecule has 2 atom stereocenters. The van der Waals surface area contributed by atoms with E-state index in [0.717, 1.165) is 11.1 Å². The van der Waals surface area contributed by atoms with Gasteiger partial charge in [-0.3, -0.25) is 14.4 Å². The lowest BCUT2D eigenvalue weighted by Gasteiger charge is -2.21. The normalized spacial score (nSPS) is 12.5. The van der Waals surface area contributed by atoms with Crippen molar-refractivity contribution in [1.29, 1.82) is 0 Å². The van der Waals surface area contributed by atoms with E-state index >= 15 is 0 Å². The summed E-state index contributed by atoms with van der Waals surface area (Å²) in [6.07, 6.45) is 1.01. The third-order valence-corrected chi connectivity index (χ3v) is 4.71. The van der Waals surface area contributed by atoms with Crippen molar-refractivity contribution in [2.24, 2.45) is 5.73 Å². The number of phenolic OH excluding ortho intramolecular Hbond substituents is 1. The predicted molar refractivity (Wildman–Crippen MR) is 118 cm³/mol. The second-order valence-electron chi connectivity index (χ2n) is 7.29. The van der Waals surface area contributed by atoms with E-state index in [1.54, 1.807) is 31.2 Å². The maximum Gasteiger partial charge on any atom is 0.242 e. The molecule has 0 spiro atoms. The molecule has 0 radical (unpaired) electrons. The molecule has 6 N–H and O–H groups in total. The first-order valence-corrected chi connectivity index (χ1v) is 10.3. The van der Waals surface area contributed by atoms with Crippen LogP contribution in [0.3, 0.4) is 0 Å². The Morgan fingerprint density at radius 1 is 0.935 bits per heavy atom. The van der Waals surface area contributed by atoms with Gasteiger partial charge in [0.25, 0.3) is 0 Å². The Hall–Kier alpha value is -3.39. The topological polar surface area (TPSA) is 134 Å².